The fourth-order valence-corrected chi connectivity index (χ4v) is 4.32. The summed E-state index contributed by atoms with van der Waals surface area (Å²) in [4.78, 5) is 0. The smallest absolute Gasteiger partial charge is 0.151 e. The Morgan fingerprint density at radius 3 is 2.56 bits per heavy atom. The van der Waals surface area contributed by atoms with Crippen LogP contribution < -0.4 is 5.32 Å². The normalized spacial score (nSPS) is 37.4. The molecule has 16 heavy (non-hydrogen) atoms. The maximum Gasteiger partial charge on any atom is 0.151 e. The molecular weight excluding hydrogens is 226 g/mol. The van der Waals surface area contributed by atoms with Crippen LogP contribution in [0, 0.1) is 0 Å². The van der Waals surface area contributed by atoms with E-state index < -0.39 is 9.84 Å². The van der Waals surface area contributed by atoms with Crippen LogP contribution in [0.3, 0.4) is 0 Å². The van der Waals surface area contributed by atoms with Crippen molar-refractivity contribution < 1.29 is 13.2 Å². The molecule has 0 aliphatic carbocycles. The fraction of sp³-hybridized carbons (Fsp3) is 1.00. The Morgan fingerprint density at radius 2 is 2.00 bits per heavy atom. The van der Waals surface area contributed by atoms with E-state index in [0.29, 0.717) is 17.5 Å². The van der Waals surface area contributed by atoms with Gasteiger partial charge in [0.25, 0.3) is 0 Å². The highest BCUT2D eigenvalue weighted by atomic mass is 32.2. The molecule has 0 spiro atoms. The zero-order valence-corrected chi connectivity index (χ0v) is 10.8. The molecule has 4 nitrogen and oxygen atoms in total. The van der Waals surface area contributed by atoms with E-state index in [0.717, 1.165) is 25.9 Å². The number of hydrogen-bond donors (Lipinski definition) is 1. The number of ether oxygens (including phenoxy) is 1. The molecule has 0 aromatic carbocycles. The van der Waals surface area contributed by atoms with Gasteiger partial charge >= 0.3 is 0 Å². The van der Waals surface area contributed by atoms with E-state index in [1.807, 2.05) is 0 Å². The molecule has 2 atom stereocenters. The van der Waals surface area contributed by atoms with Gasteiger partial charge in [0.1, 0.15) is 0 Å². The van der Waals surface area contributed by atoms with E-state index in [2.05, 4.69) is 19.2 Å². The molecule has 0 radical (unpaired) electrons. The lowest BCUT2D eigenvalue weighted by Crippen LogP contribution is -2.47. The van der Waals surface area contributed by atoms with Crippen LogP contribution in [0.15, 0.2) is 0 Å². The molecule has 2 saturated heterocycles. The summed E-state index contributed by atoms with van der Waals surface area (Å²) in [7, 11) is -2.77. The highest BCUT2D eigenvalue weighted by molar-refractivity contribution is 7.91. The zero-order valence-electron chi connectivity index (χ0n) is 10.0. The van der Waals surface area contributed by atoms with Crippen LogP contribution >= 0.6 is 0 Å². The molecule has 0 amide bonds. The van der Waals surface area contributed by atoms with Crippen molar-refractivity contribution >= 4 is 9.84 Å². The lowest BCUT2D eigenvalue weighted by Gasteiger charge is -2.37. The molecule has 0 saturated carbocycles. The molecule has 0 bridgehead atoms. The predicted octanol–water partition coefficient (Wildman–Crippen LogP) is 0.721. The van der Waals surface area contributed by atoms with Crippen molar-refractivity contribution in [1.82, 2.24) is 5.32 Å². The van der Waals surface area contributed by atoms with Crippen molar-refractivity contribution in [2.75, 3.05) is 18.1 Å². The Morgan fingerprint density at radius 1 is 1.25 bits per heavy atom. The van der Waals surface area contributed by atoms with E-state index in [9.17, 15) is 8.42 Å². The molecule has 2 aliphatic heterocycles. The lowest BCUT2D eigenvalue weighted by atomic mass is 9.93. The summed E-state index contributed by atoms with van der Waals surface area (Å²) in [6.07, 6.45) is 2.71. The number of sulfone groups is 1. The van der Waals surface area contributed by atoms with Gasteiger partial charge in [0.2, 0.25) is 0 Å². The second-order valence-corrected chi connectivity index (χ2v) is 7.79. The minimum Gasteiger partial charge on any atom is -0.375 e. The standard InChI is InChI=1S/C11H21NO3S/c1-11(2)7-9(3-5-15-11)12-10-4-6-16(13,14)8-10/h9-10,12H,3-8H2,1-2H3. The summed E-state index contributed by atoms with van der Waals surface area (Å²) >= 11 is 0. The predicted molar refractivity (Wildman–Crippen MR) is 63.2 cm³/mol. The second kappa shape index (κ2) is 4.27. The first-order valence-corrected chi connectivity index (χ1v) is 7.79. The quantitative estimate of drug-likeness (QED) is 0.781. The first-order chi connectivity index (χ1) is 7.36. The number of nitrogens with one attached hydrogen (secondary N) is 1. The third-order valence-electron chi connectivity index (χ3n) is 3.40. The van der Waals surface area contributed by atoms with Gasteiger partial charge in [-0.25, -0.2) is 8.42 Å². The largest absolute Gasteiger partial charge is 0.375 e. The molecule has 1 N–H and O–H groups in total. The molecular formula is C11H21NO3S. The molecule has 2 unspecified atom stereocenters. The SMILES string of the molecule is CC1(C)CC(NC2CCS(=O)(=O)C2)CCO1. The van der Waals surface area contributed by atoms with Crippen LogP contribution in [-0.4, -0.2) is 44.2 Å². The van der Waals surface area contributed by atoms with Gasteiger partial charge in [-0.1, -0.05) is 0 Å². The van der Waals surface area contributed by atoms with Crippen LogP contribution in [0.4, 0.5) is 0 Å². The summed E-state index contributed by atoms with van der Waals surface area (Å²) < 4.78 is 28.3. The molecule has 94 valence electrons. The van der Waals surface area contributed by atoms with Crippen LogP contribution in [0.2, 0.25) is 0 Å². The molecule has 2 fully saturated rings. The Labute approximate surface area is 97.7 Å². The van der Waals surface area contributed by atoms with E-state index in [-0.39, 0.29) is 11.6 Å². The maximum atomic E-state index is 11.3. The maximum absolute atomic E-state index is 11.3. The zero-order chi connectivity index (χ0) is 11.8. The first kappa shape index (κ1) is 12.3. The summed E-state index contributed by atoms with van der Waals surface area (Å²) in [5.41, 5.74) is -0.0760. The average molecular weight is 247 g/mol. The minimum atomic E-state index is -2.77. The Hall–Kier alpha value is -0.130. The van der Waals surface area contributed by atoms with Gasteiger partial charge < -0.3 is 10.1 Å². The molecule has 2 aliphatic rings. The molecule has 0 aromatic heterocycles. The third-order valence-corrected chi connectivity index (χ3v) is 5.17. The molecule has 0 aromatic rings. The van der Waals surface area contributed by atoms with Gasteiger partial charge in [-0.05, 0) is 33.1 Å². The first-order valence-electron chi connectivity index (χ1n) is 5.97. The third kappa shape index (κ3) is 3.18. The van der Waals surface area contributed by atoms with Gasteiger partial charge in [0.05, 0.1) is 17.1 Å². The van der Waals surface area contributed by atoms with Crippen molar-refractivity contribution in [3.63, 3.8) is 0 Å². The summed E-state index contributed by atoms with van der Waals surface area (Å²) in [6, 6.07) is 0.561. The highest BCUT2D eigenvalue weighted by Gasteiger charge is 2.33. The van der Waals surface area contributed by atoms with E-state index in [4.69, 9.17) is 4.74 Å². The summed E-state index contributed by atoms with van der Waals surface area (Å²) in [6.45, 7) is 4.95. The highest BCUT2D eigenvalue weighted by Crippen LogP contribution is 2.25. The van der Waals surface area contributed by atoms with Gasteiger partial charge in [0.15, 0.2) is 9.84 Å². The van der Waals surface area contributed by atoms with Gasteiger partial charge in [-0.15, -0.1) is 0 Å². The minimum absolute atomic E-state index is 0.0760. The summed E-state index contributed by atoms with van der Waals surface area (Å²) in [5, 5.41) is 3.47. The van der Waals surface area contributed by atoms with Crippen molar-refractivity contribution in [2.24, 2.45) is 0 Å². The number of rotatable bonds is 2. The van der Waals surface area contributed by atoms with Gasteiger partial charge in [-0.2, -0.15) is 0 Å². The monoisotopic (exact) mass is 247 g/mol. The van der Waals surface area contributed by atoms with Crippen molar-refractivity contribution in [2.45, 2.75) is 50.8 Å². The molecule has 2 rings (SSSR count). The van der Waals surface area contributed by atoms with Crippen LogP contribution in [0.5, 0.6) is 0 Å². The van der Waals surface area contributed by atoms with Crippen LogP contribution in [0.1, 0.15) is 33.1 Å². The Bertz CT molecular complexity index is 350. The molecule has 2 heterocycles. The van der Waals surface area contributed by atoms with Gasteiger partial charge in [0, 0.05) is 18.7 Å². The van der Waals surface area contributed by atoms with E-state index in [1.165, 1.54) is 0 Å². The van der Waals surface area contributed by atoms with Crippen LogP contribution in [-0.2, 0) is 14.6 Å². The Kier molecular flexibility index (Phi) is 3.29. The summed E-state index contributed by atoms with van der Waals surface area (Å²) in [5.74, 6) is 0.655. The lowest BCUT2D eigenvalue weighted by molar-refractivity contribution is -0.0638. The van der Waals surface area contributed by atoms with Crippen LogP contribution in [0.25, 0.3) is 0 Å². The van der Waals surface area contributed by atoms with E-state index >= 15 is 0 Å². The van der Waals surface area contributed by atoms with Crippen molar-refractivity contribution in [3.05, 3.63) is 0 Å². The van der Waals surface area contributed by atoms with Crippen molar-refractivity contribution in [1.29, 1.82) is 0 Å². The second-order valence-electron chi connectivity index (χ2n) is 5.56. The number of hydrogen-bond acceptors (Lipinski definition) is 4. The van der Waals surface area contributed by atoms with Crippen molar-refractivity contribution in [3.8, 4) is 0 Å². The van der Waals surface area contributed by atoms with E-state index in [1.54, 1.807) is 0 Å². The van der Waals surface area contributed by atoms with Gasteiger partial charge in [-0.3, -0.25) is 0 Å². The topological polar surface area (TPSA) is 55.4 Å². The average Bonchev–Trinajstić information content (AvgIpc) is 2.43. The molecule has 5 heteroatoms. The fourth-order valence-electron chi connectivity index (χ4n) is 2.63. The Balaban J connectivity index is 1.86.